The fourth-order valence-corrected chi connectivity index (χ4v) is 3.13. The van der Waals surface area contributed by atoms with Gasteiger partial charge >= 0.3 is 5.97 Å². The first-order valence-electron chi connectivity index (χ1n) is 7.07. The monoisotopic (exact) mass is 298 g/mol. The minimum atomic E-state index is -0.164. The molecular weight excluding hydrogens is 276 g/mol. The first kappa shape index (κ1) is 15.3. The van der Waals surface area contributed by atoms with Crippen LogP contribution in [0.1, 0.15) is 38.8 Å². The van der Waals surface area contributed by atoms with E-state index >= 15 is 0 Å². The minimum Gasteiger partial charge on any atom is -0.466 e. The Balaban J connectivity index is 1.84. The van der Waals surface area contributed by atoms with Crippen LogP contribution in [0.4, 0.5) is 5.13 Å². The first-order chi connectivity index (χ1) is 9.61. The molecule has 0 aliphatic carbocycles. The van der Waals surface area contributed by atoms with Crippen LogP contribution in [0, 0.1) is 0 Å². The van der Waals surface area contributed by atoms with Gasteiger partial charge in [0.1, 0.15) is 0 Å². The maximum Gasteiger partial charge on any atom is 0.306 e. The highest BCUT2D eigenvalue weighted by Gasteiger charge is 2.28. The second-order valence-electron chi connectivity index (χ2n) is 5.29. The normalized spacial score (nSPS) is 22.5. The van der Waals surface area contributed by atoms with Crippen LogP contribution < -0.4 is 5.32 Å². The predicted octanol–water partition coefficient (Wildman–Crippen LogP) is 2.62. The van der Waals surface area contributed by atoms with Gasteiger partial charge in [0.15, 0.2) is 5.13 Å². The smallest absolute Gasteiger partial charge is 0.306 e. The second-order valence-corrected chi connectivity index (χ2v) is 6.15. The molecule has 0 aromatic carbocycles. The molecule has 2 heterocycles. The molecule has 0 spiro atoms. The Labute approximate surface area is 123 Å². The Kier molecular flexibility index (Phi) is 5.37. The largest absolute Gasteiger partial charge is 0.466 e. The molecule has 0 radical (unpaired) electrons. The first-order valence-corrected chi connectivity index (χ1v) is 7.95. The number of hydrogen-bond acceptors (Lipinski definition) is 6. The Bertz CT molecular complexity index is 441. The van der Waals surface area contributed by atoms with E-state index in [2.05, 4.69) is 17.2 Å². The molecule has 0 saturated carbocycles. The van der Waals surface area contributed by atoms with Gasteiger partial charge < -0.3 is 14.8 Å². The van der Waals surface area contributed by atoms with Crippen LogP contribution in [0.15, 0.2) is 5.38 Å². The molecule has 5 nitrogen and oxygen atoms in total. The van der Waals surface area contributed by atoms with Crippen molar-refractivity contribution in [3.05, 3.63) is 11.1 Å². The van der Waals surface area contributed by atoms with Crippen molar-refractivity contribution >= 4 is 22.4 Å². The second kappa shape index (κ2) is 7.04. The molecule has 112 valence electrons. The van der Waals surface area contributed by atoms with Gasteiger partial charge in [0.25, 0.3) is 0 Å². The fraction of sp³-hybridized carbons (Fsp3) is 0.714. The van der Waals surface area contributed by atoms with Gasteiger partial charge in [-0.3, -0.25) is 4.79 Å². The molecular formula is C14H22N2O3S. The number of thiazole rings is 1. The van der Waals surface area contributed by atoms with Crippen molar-refractivity contribution in [2.45, 2.75) is 45.1 Å². The number of carbonyl (C=O) groups excluding carboxylic acids is 1. The van der Waals surface area contributed by atoms with E-state index in [9.17, 15) is 4.79 Å². The number of rotatable bonds is 6. The van der Waals surface area contributed by atoms with E-state index in [0.29, 0.717) is 26.1 Å². The van der Waals surface area contributed by atoms with Gasteiger partial charge in [0, 0.05) is 18.4 Å². The van der Waals surface area contributed by atoms with Crippen molar-refractivity contribution in [1.29, 1.82) is 0 Å². The van der Waals surface area contributed by atoms with Crippen molar-refractivity contribution in [2.75, 3.05) is 25.1 Å². The molecule has 1 saturated heterocycles. The number of aryl methyl sites for hydroxylation is 1. The lowest BCUT2D eigenvalue weighted by Crippen LogP contribution is -2.42. The zero-order valence-corrected chi connectivity index (χ0v) is 12.9. The summed E-state index contributed by atoms with van der Waals surface area (Å²) >= 11 is 1.58. The van der Waals surface area contributed by atoms with E-state index in [4.69, 9.17) is 9.47 Å². The van der Waals surface area contributed by atoms with Gasteiger partial charge in [-0.2, -0.15) is 0 Å². The van der Waals surface area contributed by atoms with Gasteiger partial charge in [0.2, 0.25) is 0 Å². The lowest BCUT2D eigenvalue weighted by Gasteiger charge is -2.34. The third-order valence-corrected chi connectivity index (χ3v) is 4.10. The van der Waals surface area contributed by atoms with Crippen molar-refractivity contribution < 1.29 is 14.3 Å². The van der Waals surface area contributed by atoms with Crippen LogP contribution in [-0.4, -0.2) is 36.3 Å². The summed E-state index contributed by atoms with van der Waals surface area (Å²) in [5, 5.41) is 6.35. The highest BCUT2D eigenvalue weighted by atomic mass is 32.1. The van der Waals surface area contributed by atoms with Crippen LogP contribution in [0.25, 0.3) is 0 Å². The Hall–Kier alpha value is -1.14. The number of aromatic nitrogens is 1. The predicted molar refractivity (Wildman–Crippen MR) is 79.1 cm³/mol. The van der Waals surface area contributed by atoms with Gasteiger partial charge in [-0.25, -0.2) is 4.98 Å². The molecule has 1 aliphatic rings. The summed E-state index contributed by atoms with van der Waals surface area (Å²) in [5.74, 6) is -0.164. The van der Waals surface area contributed by atoms with Crippen molar-refractivity contribution in [2.24, 2.45) is 0 Å². The molecule has 1 aromatic heterocycles. The minimum absolute atomic E-state index is 0.0332. The van der Waals surface area contributed by atoms with Crippen molar-refractivity contribution in [1.82, 2.24) is 4.98 Å². The van der Waals surface area contributed by atoms with Crippen LogP contribution in [0.2, 0.25) is 0 Å². The molecule has 1 aromatic rings. The molecule has 1 N–H and O–H groups in total. The Morgan fingerprint density at radius 2 is 2.50 bits per heavy atom. The van der Waals surface area contributed by atoms with E-state index in [0.717, 1.165) is 30.3 Å². The summed E-state index contributed by atoms with van der Waals surface area (Å²) in [6.45, 7) is 5.97. The summed E-state index contributed by atoms with van der Waals surface area (Å²) in [4.78, 5) is 15.8. The third-order valence-electron chi connectivity index (χ3n) is 3.29. The fourth-order valence-electron chi connectivity index (χ4n) is 2.23. The van der Waals surface area contributed by atoms with Gasteiger partial charge in [-0.05, 0) is 26.7 Å². The average Bonchev–Trinajstić information content (AvgIpc) is 2.84. The van der Waals surface area contributed by atoms with E-state index in [-0.39, 0.29) is 11.5 Å². The van der Waals surface area contributed by atoms with Crippen LogP contribution >= 0.6 is 11.3 Å². The van der Waals surface area contributed by atoms with E-state index in [1.807, 2.05) is 12.3 Å². The number of ether oxygens (including phenoxy) is 2. The Morgan fingerprint density at radius 1 is 1.65 bits per heavy atom. The number of hydrogen-bond donors (Lipinski definition) is 1. The SMILES string of the molecule is CCOC(=O)CCc1csc(NC2(C)CCCOC2)n1. The summed E-state index contributed by atoms with van der Waals surface area (Å²) in [5.41, 5.74) is 0.903. The highest BCUT2D eigenvalue weighted by Crippen LogP contribution is 2.26. The number of esters is 1. The van der Waals surface area contributed by atoms with Gasteiger partial charge in [-0.15, -0.1) is 11.3 Å². The topological polar surface area (TPSA) is 60.5 Å². The molecule has 0 bridgehead atoms. The van der Waals surface area contributed by atoms with Crippen molar-refractivity contribution in [3.63, 3.8) is 0 Å². The average molecular weight is 298 g/mol. The van der Waals surface area contributed by atoms with Gasteiger partial charge in [-0.1, -0.05) is 0 Å². The standard InChI is InChI=1S/C14H22N2O3S/c1-3-19-12(17)6-5-11-9-20-13(15-11)16-14(2)7-4-8-18-10-14/h9H,3-8,10H2,1-2H3,(H,15,16). The quantitative estimate of drug-likeness (QED) is 0.818. The lowest BCUT2D eigenvalue weighted by atomic mass is 9.95. The van der Waals surface area contributed by atoms with Crippen LogP contribution in [0.3, 0.4) is 0 Å². The highest BCUT2D eigenvalue weighted by molar-refractivity contribution is 7.13. The lowest BCUT2D eigenvalue weighted by molar-refractivity contribution is -0.143. The molecule has 1 fully saturated rings. The summed E-state index contributed by atoms with van der Waals surface area (Å²) in [6, 6.07) is 0. The van der Waals surface area contributed by atoms with Crippen LogP contribution in [-0.2, 0) is 20.7 Å². The maximum atomic E-state index is 11.3. The van der Waals surface area contributed by atoms with Crippen LogP contribution in [0.5, 0.6) is 0 Å². The molecule has 1 atom stereocenters. The molecule has 6 heteroatoms. The maximum absolute atomic E-state index is 11.3. The summed E-state index contributed by atoms with van der Waals surface area (Å²) in [7, 11) is 0. The molecule has 20 heavy (non-hydrogen) atoms. The molecule has 1 aliphatic heterocycles. The number of carbonyl (C=O) groups is 1. The third kappa shape index (κ3) is 4.45. The van der Waals surface area contributed by atoms with Gasteiger partial charge in [0.05, 0.1) is 30.9 Å². The zero-order valence-electron chi connectivity index (χ0n) is 12.1. The zero-order chi connectivity index (χ0) is 14.4. The number of anilines is 1. The number of nitrogens with one attached hydrogen (secondary N) is 1. The molecule has 1 unspecified atom stereocenters. The van der Waals surface area contributed by atoms with E-state index in [1.54, 1.807) is 11.3 Å². The summed E-state index contributed by atoms with van der Waals surface area (Å²) in [6.07, 6.45) is 3.18. The Morgan fingerprint density at radius 3 is 3.20 bits per heavy atom. The van der Waals surface area contributed by atoms with Crippen molar-refractivity contribution in [3.8, 4) is 0 Å². The number of nitrogens with zero attached hydrogens (tertiary/aromatic N) is 1. The van der Waals surface area contributed by atoms with E-state index < -0.39 is 0 Å². The molecule has 2 rings (SSSR count). The van der Waals surface area contributed by atoms with E-state index in [1.165, 1.54) is 0 Å². The summed E-state index contributed by atoms with van der Waals surface area (Å²) < 4.78 is 10.4. The molecule has 0 amide bonds.